The Morgan fingerprint density at radius 2 is 1.81 bits per heavy atom. The second kappa shape index (κ2) is 10.9. The van der Waals surface area contributed by atoms with Crippen molar-refractivity contribution in [1.29, 1.82) is 0 Å². The van der Waals surface area contributed by atoms with Crippen LogP contribution in [-0.2, 0) is 10.1 Å². The summed E-state index contributed by atoms with van der Waals surface area (Å²) < 4.78 is 5.31. The van der Waals surface area contributed by atoms with Gasteiger partial charge in [-0.1, -0.05) is 40.7 Å². The van der Waals surface area contributed by atoms with Crippen molar-refractivity contribution in [3.05, 3.63) is 29.6 Å². The van der Waals surface area contributed by atoms with Gasteiger partial charge in [0.15, 0.2) is 0 Å². The highest BCUT2D eigenvalue weighted by Gasteiger charge is 2.36. The van der Waals surface area contributed by atoms with Crippen molar-refractivity contribution < 1.29 is 9.53 Å². The Bertz CT molecular complexity index is 592. The fourth-order valence-electron chi connectivity index (χ4n) is 3.21. The third-order valence-corrected chi connectivity index (χ3v) is 4.73. The fraction of sp³-hybridized carbons (Fsp3) is 0.700. The molecule has 2 aliphatic rings. The van der Waals surface area contributed by atoms with E-state index in [1.165, 1.54) is 0 Å². The van der Waals surface area contributed by atoms with Crippen LogP contribution in [0.3, 0.4) is 0 Å². The fourth-order valence-corrected chi connectivity index (χ4v) is 3.21. The lowest BCUT2D eigenvalue weighted by atomic mass is 9.57. The summed E-state index contributed by atoms with van der Waals surface area (Å²) in [4.78, 5) is 20.8. The van der Waals surface area contributed by atoms with Crippen LogP contribution in [-0.4, -0.2) is 75.8 Å². The van der Waals surface area contributed by atoms with Crippen molar-refractivity contribution >= 4 is 21.6 Å². The van der Waals surface area contributed by atoms with Gasteiger partial charge in [-0.05, 0) is 29.8 Å². The summed E-state index contributed by atoms with van der Waals surface area (Å²) >= 11 is 0. The van der Waals surface area contributed by atoms with Crippen LogP contribution in [0.25, 0.3) is 0 Å². The Hall–Kier alpha value is -1.33. The predicted molar refractivity (Wildman–Crippen MR) is 112 cm³/mol. The maximum atomic E-state index is 12.6. The minimum absolute atomic E-state index is 0.0980. The molecule has 1 amide bonds. The Balaban J connectivity index is 0.000000855. The van der Waals surface area contributed by atoms with Crippen LogP contribution in [0.1, 0.15) is 57.2 Å². The molecule has 1 aromatic rings. The first-order chi connectivity index (χ1) is 12.9. The largest absolute Gasteiger partial charge is 0.380 e. The van der Waals surface area contributed by atoms with Gasteiger partial charge >= 0.3 is 0 Å². The number of amides is 1. The zero-order valence-corrected chi connectivity index (χ0v) is 17.7. The summed E-state index contributed by atoms with van der Waals surface area (Å²) in [7, 11) is 14.2. The van der Waals surface area contributed by atoms with Gasteiger partial charge in [-0.3, -0.25) is 4.79 Å². The smallest absolute Gasteiger partial charge is 0.272 e. The summed E-state index contributed by atoms with van der Waals surface area (Å²) in [5.74, 6) is 0.487. The number of hydrogen-bond acceptors (Lipinski definition) is 4. The Morgan fingerprint density at radius 1 is 1.19 bits per heavy atom. The first-order valence-corrected chi connectivity index (χ1v) is 10.0. The molecule has 1 atom stereocenters. The molecule has 0 bridgehead atoms. The van der Waals surface area contributed by atoms with E-state index in [2.05, 4.69) is 11.9 Å². The molecule has 1 aromatic heterocycles. The topological polar surface area (TPSA) is 45.7 Å². The molecule has 3 heterocycles. The molecule has 146 valence electrons. The summed E-state index contributed by atoms with van der Waals surface area (Å²) in [6.45, 7) is 13.1. The van der Waals surface area contributed by atoms with E-state index < -0.39 is 5.34 Å². The van der Waals surface area contributed by atoms with Gasteiger partial charge in [-0.2, -0.15) is 0 Å². The predicted octanol–water partition coefficient (Wildman–Crippen LogP) is 2.39. The lowest BCUT2D eigenvalue weighted by molar-refractivity contribution is 0.0704. The van der Waals surface area contributed by atoms with Gasteiger partial charge in [0.25, 0.3) is 5.91 Å². The Morgan fingerprint density at radius 3 is 2.33 bits per heavy atom. The van der Waals surface area contributed by atoms with E-state index in [1.807, 2.05) is 32.6 Å². The van der Waals surface area contributed by atoms with Crippen LogP contribution in [0, 0.1) is 5.92 Å². The van der Waals surface area contributed by atoms with E-state index in [0.717, 1.165) is 19.5 Å². The van der Waals surface area contributed by atoms with Crippen molar-refractivity contribution in [2.45, 2.75) is 52.5 Å². The molecule has 1 unspecified atom stereocenters. The maximum absolute atomic E-state index is 12.6. The van der Waals surface area contributed by atoms with E-state index in [4.69, 9.17) is 20.4 Å². The highest BCUT2D eigenvalue weighted by atomic mass is 16.5. The number of aromatic nitrogens is 1. The molecule has 7 heteroatoms. The second-order valence-corrected chi connectivity index (χ2v) is 6.64. The molecule has 4 radical (unpaired) electrons. The summed E-state index contributed by atoms with van der Waals surface area (Å²) in [5, 5.41) is -1.14. The number of rotatable bonds is 4. The quantitative estimate of drug-likeness (QED) is 0.765. The number of nitrogens with zero attached hydrogens (tertiary/aromatic N) is 3. The number of methoxy groups -OCH3 is 1. The summed E-state index contributed by atoms with van der Waals surface area (Å²) in [6, 6.07) is 5.28. The summed E-state index contributed by atoms with van der Waals surface area (Å²) in [6.07, 6.45) is 0.957. The molecule has 0 N–H and O–H groups in total. The zero-order valence-electron chi connectivity index (χ0n) is 17.7. The van der Waals surface area contributed by atoms with E-state index >= 15 is 0 Å². The Labute approximate surface area is 167 Å². The standard InChI is InChI=1S/C16H21B2N3O2.2C2H6/c1-11-8-21(9-11)16(17,18)14-5-3-4-13(19-14)15(22)20-7-6-12(10-20)23-2;2*1-2/h3-5,11-12H,6-10H2,1-2H3;2*1-2H3. The molecule has 0 saturated carbocycles. The first kappa shape index (κ1) is 23.7. The van der Waals surface area contributed by atoms with Crippen LogP contribution in [0.2, 0.25) is 0 Å². The average molecular weight is 369 g/mol. The number of hydrogen-bond donors (Lipinski definition) is 0. The number of pyridine rings is 1. The molecular formula is C20H33B2N3O2. The lowest BCUT2D eigenvalue weighted by Gasteiger charge is -2.49. The molecule has 2 fully saturated rings. The van der Waals surface area contributed by atoms with E-state index in [1.54, 1.807) is 30.2 Å². The SMILES string of the molecule is CC.CC.[B]C([B])(c1cccc(C(=O)N2CCC(OC)C2)n1)N1CC(C)C1. The Kier molecular flexibility index (Phi) is 9.54. The minimum atomic E-state index is -1.14. The molecule has 0 spiro atoms. The third kappa shape index (κ3) is 5.58. The van der Waals surface area contributed by atoms with Gasteiger partial charge < -0.3 is 14.5 Å². The van der Waals surface area contributed by atoms with Gasteiger partial charge in [-0.15, -0.1) is 0 Å². The van der Waals surface area contributed by atoms with Crippen LogP contribution < -0.4 is 0 Å². The second-order valence-electron chi connectivity index (χ2n) is 6.64. The van der Waals surface area contributed by atoms with Crippen molar-refractivity contribution in [3.63, 3.8) is 0 Å². The highest BCUT2D eigenvalue weighted by molar-refractivity contribution is 6.39. The third-order valence-electron chi connectivity index (χ3n) is 4.73. The number of likely N-dealkylation sites (tertiary alicyclic amines) is 2. The van der Waals surface area contributed by atoms with E-state index in [9.17, 15) is 4.79 Å². The van der Waals surface area contributed by atoms with Crippen molar-refractivity contribution in [2.75, 3.05) is 33.3 Å². The van der Waals surface area contributed by atoms with Crippen LogP contribution in [0.4, 0.5) is 0 Å². The van der Waals surface area contributed by atoms with Gasteiger partial charge in [-0.25, -0.2) is 4.98 Å². The van der Waals surface area contributed by atoms with Crippen molar-refractivity contribution in [3.8, 4) is 0 Å². The van der Waals surface area contributed by atoms with Gasteiger partial charge in [0.1, 0.15) is 5.69 Å². The molecule has 27 heavy (non-hydrogen) atoms. The lowest BCUT2D eigenvalue weighted by Crippen LogP contribution is -2.58. The molecule has 0 aromatic carbocycles. The van der Waals surface area contributed by atoms with E-state index in [0.29, 0.717) is 30.4 Å². The van der Waals surface area contributed by atoms with Gasteiger partial charge in [0.2, 0.25) is 0 Å². The number of carbonyl (C=O) groups is 1. The monoisotopic (exact) mass is 369 g/mol. The molecule has 0 aliphatic carbocycles. The molecule has 2 aliphatic heterocycles. The summed E-state index contributed by atoms with van der Waals surface area (Å²) in [5.41, 5.74) is 0.908. The van der Waals surface area contributed by atoms with Gasteiger partial charge in [0, 0.05) is 39.0 Å². The van der Waals surface area contributed by atoms with Crippen molar-refractivity contribution in [2.24, 2.45) is 5.92 Å². The molecule has 2 saturated heterocycles. The minimum Gasteiger partial charge on any atom is -0.380 e. The highest BCUT2D eigenvalue weighted by Crippen LogP contribution is 2.28. The van der Waals surface area contributed by atoms with Crippen LogP contribution >= 0.6 is 0 Å². The van der Waals surface area contributed by atoms with Crippen LogP contribution in [0.15, 0.2) is 18.2 Å². The molecule has 5 nitrogen and oxygen atoms in total. The molecular weight excluding hydrogens is 336 g/mol. The zero-order chi connectivity index (χ0) is 20.6. The maximum Gasteiger partial charge on any atom is 0.272 e. The number of carbonyl (C=O) groups excluding carboxylic acids is 1. The first-order valence-electron chi connectivity index (χ1n) is 10.0. The van der Waals surface area contributed by atoms with Crippen LogP contribution in [0.5, 0.6) is 0 Å². The van der Waals surface area contributed by atoms with Crippen molar-refractivity contribution in [1.82, 2.24) is 14.8 Å². The number of ether oxygens (including phenoxy) is 1. The average Bonchev–Trinajstić information content (AvgIpc) is 3.17. The molecule has 3 rings (SSSR count). The normalized spacial score (nSPS) is 20.1. The van der Waals surface area contributed by atoms with Gasteiger partial charge in [0.05, 0.1) is 21.8 Å². The van der Waals surface area contributed by atoms with E-state index in [-0.39, 0.29) is 12.0 Å².